The average Bonchev–Trinajstić information content (AvgIpc) is 2.01. The fourth-order valence-corrected chi connectivity index (χ4v) is 1.71. The van der Waals surface area contributed by atoms with Gasteiger partial charge in [-0.15, -0.1) is 0 Å². The van der Waals surface area contributed by atoms with E-state index in [2.05, 4.69) is 0 Å². The molecule has 0 aliphatic heterocycles. The molecule has 0 bridgehead atoms. The molecule has 0 radical (unpaired) electrons. The number of hydrogen-bond donors (Lipinski definition) is 2. The van der Waals surface area contributed by atoms with E-state index < -0.39 is 9.84 Å². The summed E-state index contributed by atoms with van der Waals surface area (Å²) in [6.45, 7) is -0.215. The summed E-state index contributed by atoms with van der Waals surface area (Å²) in [4.78, 5) is 0.136. The number of benzene rings is 1. The van der Waals surface area contributed by atoms with Crippen molar-refractivity contribution in [2.45, 2.75) is 11.5 Å². The first-order chi connectivity index (χ1) is 5.93. The first-order valence-electron chi connectivity index (χ1n) is 3.64. The molecule has 1 aromatic carbocycles. The van der Waals surface area contributed by atoms with Gasteiger partial charge in [0.2, 0.25) is 0 Å². The van der Waals surface area contributed by atoms with Crippen LogP contribution in [0.3, 0.4) is 0 Å². The van der Waals surface area contributed by atoms with E-state index in [1.807, 2.05) is 0 Å². The molecule has 0 aliphatic carbocycles. The Labute approximate surface area is 76.9 Å². The molecule has 1 aromatic rings. The van der Waals surface area contributed by atoms with Crippen LogP contribution >= 0.6 is 0 Å². The van der Waals surface area contributed by atoms with Crippen molar-refractivity contribution in [1.29, 1.82) is 0 Å². The third-order valence-electron chi connectivity index (χ3n) is 1.60. The van der Waals surface area contributed by atoms with Crippen molar-refractivity contribution in [3.05, 3.63) is 23.8 Å². The Kier molecular flexibility index (Phi) is 2.58. The van der Waals surface area contributed by atoms with Crippen LogP contribution in [-0.4, -0.2) is 19.8 Å². The lowest BCUT2D eigenvalue weighted by Crippen LogP contribution is -2.00. The molecule has 0 aliphatic rings. The highest BCUT2D eigenvalue weighted by atomic mass is 32.2. The van der Waals surface area contributed by atoms with Crippen molar-refractivity contribution >= 4 is 15.5 Å². The fraction of sp³-hybridized carbons (Fsp3) is 0.250. The van der Waals surface area contributed by atoms with Gasteiger partial charge in [0.15, 0.2) is 9.84 Å². The van der Waals surface area contributed by atoms with Gasteiger partial charge >= 0.3 is 0 Å². The molecule has 4 nitrogen and oxygen atoms in total. The van der Waals surface area contributed by atoms with Crippen LogP contribution in [0.2, 0.25) is 0 Å². The summed E-state index contributed by atoms with van der Waals surface area (Å²) in [5.74, 6) is 0. The molecule has 0 fully saturated rings. The van der Waals surface area contributed by atoms with Crippen molar-refractivity contribution in [3.63, 3.8) is 0 Å². The van der Waals surface area contributed by atoms with Crippen LogP contribution in [0.5, 0.6) is 0 Å². The minimum atomic E-state index is -3.25. The molecule has 0 aromatic heterocycles. The average molecular weight is 201 g/mol. The van der Waals surface area contributed by atoms with E-state index in [4.69, 9.17) is 10.8 Å². The van der Waals surface area contributed by atoms with Crippen LogP contribution in [0.4, 0.5) is 5.69 Å². The Bertz CT molecular complexity index is 411. The Morgan fingerprint density at radius 3 is 2.46 bits per heavy atom. The lowest BCUT2D eigenvalue weighted by atomic mass is 10.2. The van der Waals surface area contributed by atoms with Gasteiger partial charge in [-0.1, -0.05) is 0 Å². The first-order valence-corrected chi connectivity index (χ1v) is 5.53. The summed E-state index contributed by atoms with van der Waals surface area (Å²) < 4.78 is 22.2. The third kappa shape index (κ3) is 2.43. The summed E-state index contributed by atoms with van der Waals surface area (Å²) in [7, 11) is -3.25. The quantitative estimate of drug-likeness (QED) is 0.668. The second-order valence-corrected chi connectivity index (χ2v) is 4.86. The lowest BCUT2D eigenvalue weighted by Gasteiger charge is -2.03. The van der Waals surface area contributed by atoms with Crippen LogP contribution in [0.1, 0.15) is 5.56 Å². The zero-order valence-corrected chi connectivity index (χ0v) is 8.00. The van der Waals surface area contributed by atoms with Crippen LogP contribution in [0, 0.1) is 0 Å². The van der Waals surface area contributed by atoms with E-state index in [0.29, 0.717) is 11.3 Å². The van der Waals surface area contributed by atoms with Gasteiger partial charge in [0, 0.05) is 11.9 Å². The minimum Gasteiger partial charge on any atom is -0.399 e. The van der Waals surface area contributed by atoms with Gasteiger partial charge in [0.25, 0.3) is 0 Å². The number of nitrogens with two attached hydrogens (primary N) is 1. The van der Waals surface area contributed by atoms with Crippen molar-refractivity contribution in [1.82, 2.24) is 0 Å². The molecule has 0 heterocycles. The van der Waals surface area contributed by atoms with Crippen LogP contribution in [0.25, 0.3) is 0 Å². The molecular formula is C8H11NO3S. The molecule has 0 saturated carbocycles. The predicted octanol–water partition coefficient (Wildman–Crippen LogP) is 0.165. The van der Waals surface area contributed by atoms with E-state index in [1.165, 1.54) is 18.2 Å². The summed E-state index contributed by atoms with van der Waals surface area (Å²) in [6, 6.07) is 4.31. The molecule has 0 spiro atoms. The third-order valence-corrected chi connectivity index (χ3v) is 2.69. The Hall–Kier alpha value is -1.07. The highest BCUT2D eigenvalue weighted by molar-refractivity contribution is 7.90. The number of aliphatic hydroxyl groups is 1. The van der Waals surface area contributed by atoms with Crippen molar-refractivity contribution in [2.75, 3.05) is 12.0 Å². The van der Waals surface area contributed by atoms with Crippen LogP contribution < -0.4 is 5.73 Å². The molecular weight excluding hydrogens is 190 g/mol. The van der Waals surface area contributed by atoms with Gasteiger partial charge in [-0.2, -0.15) is 0 Å². The summed E-state index contributed by atoms with van der Waals surface area (Å²) in [5, 5.41) is 8.80. The van der Waals surface area contributed by atoms with Crippen molar-refractivity contribution in [2.24, 2.45) is 0 Å². The minimum absolute atomic E-state index is 0.136. The predicted molar refractivity (Wildman–Crippen MR) is 49.9 cm³/mol. The SMILES string of the molecule is CS(=O)(=O)c1cc(N)cc(CO)c1. The molecule has 0 amide bonds. The van der Waals surface area contributed by atoms with Crippen LogP contribution in [-0.2, 0) is 16.4 Å². The zero-order valence-electron chi connectivity index (χ0n) is 7.19. The van der Waals surface area contributed by atoms with Gasteiger partial charge < -0.3 is 10.8 Å². The number of sulfone groups is 1. The van der Waals surface area contributed by atoms with Crippen molar-refractivity contribution in [3.8, 4) is 0 Å². The summed E-state index contributed by atoms with van der Waals surface area (Å²) in [5.41, 5.74) is 6.30. The maximum atomic E-state index is 11.1. The molecule has 5 heteroatoms. The molecule has 72 valence electrons. The van der Waals surface area contributed by atoms with E-state index in [1.54, 1.807) is 0 Å². The second-order valence-electron chi connectivity index (χ2n) is 2.84. The number of nitrogen functional groups attached to an aromatic ring is 1. The number of hydrogen-bond acceptors (Lipinski definition) is 4. The fourth-order valence-electron chi connectivity index (χ4n) is 0.991. The number of rotatable bonds is 2. The molecule has 0 saturated heterocycles. The zero-order chi connectivity index (χ0) is 10.1. The molecule has 13 heavy (non-hydrogen) atoms. The van der Waals surface area contributed by atoms with E-state index in [9.17, 15) is 8.42 Å². The van der Waals surface area contributed by atoms with E-state index >= 15 is 0 Å². The van der Waals surface area contributed by atoms with Gasteiger partial charge in [-0.25, -0.2) is 8.42 Å². The largest absolute Gasteiger partial charge is 0.399 e. The molecule has 1 rings (SSSR count). The van der Waals surface area contributed by atoms with Gasteiger partial charge in [-0.3, -0.25) is 0 Å². The van der Waals surface area contributed by atoms with E-state index in [-0.39, 0.29) is 11.5 Å². The monoisotopic (exact) mass is 201 g/mol. The second kappa shape index (κ2) is 3.35. The standard InChI is InChI=1S/C8H11NO3S/c1-13(11,12)8-3-6(5-10)2-7(9)4-8/h2-4,10H,5,9H2,1H3. The Morgan fingerprint density at radius 1 is 1.38 bits per heavy atom. The Morgan fingerprint density at radius 2 is 2.00 bits per heavy atom. The van der Waals surface area contributed by atoms with Gasteiger partial charge in [0.1, 0.15) is 0 Å². The highest BCUT2D eigenvalue weighted by Gasteiger charge is 2.08. The topological polar surface area (TPSA) is 80.4 Å². The normalized spacial score (nSPS) is 11.5. The van der Waals surface area contributed by atoms with Gasteiger partial charge in [0.05, 0.1) is 11.5 Å². The summed E-state index contributed by atoms with van der Waals surface area (Å²) >= 11 is 0. The van der Waals surface area contributed by atoms with Crippen molar-refractivity contribution < 1.29 is 13.5 Å². The maximum Gasteiger partial charge on any atom is 0.175 e. The lowest BCUT2D eigenvalue weighted by molar-refractivity contribution is 0.281. The Balaban J connectivity index is 3.33. The van der Waals surface area contributed by atoms with Gasteiger partial charge in [-0.05, 0) is 23.8 Å². The van der Waals surface area contributed by atoms with E-state index in [0.717, 1.165) is 6.26 Å². The summed E-state index contributed by atoms with van der Waals surface area (Å²) in [6.07, 6.45) is 1.10. The molecule has 0 unspecified atom stereocenters. The number of aliphatic hydroxyl groups excluding tert-OH is 1. The van der Waals surface area contributed by atoms with Crippen LogP contribution in [0.15, 0.2) is 23.1 Å². The molecule has 3 N–H and O–H groups in total. The molecule has 0 atom stereocenters. The number of anilines is 1. The first kappa shape index (κ1) is 10.0. The smallest absolute Gasteiger partial charge is 0.175 e. The maximum absolute atomic E-state index is 11.1. The highest BCUT2D eigenvalue weighted by Crippen LogP contribution is 2.16.